The first kappa shape index (κ1) is 11.3. The zero-order chi connectivity index (χ0) is 9.56. The molecule has 4 N–H and O–H groups in total. The van der Waals surface area contributed by atoms with Crippen molar-refractivity contribution in [3.63, 3.8) is 0 Å². The fourth-order valence-corrected chi connectivity index (χ4v) is 0.795. The summed E-state index contributed by atoms with van der Waals surface area (Å²) in [5.74, 6) is -1.11. The van der Waals surface area contributed by atoms with Crippen LogP contribution >= 0.6 is 0 Å². The van der Waals surface area contributed by atoms with Crippen LogP contribution in [0.2, 0.25) is 0 Å². The van der Waals surface area contributed by atoms with E-state index in [1.54, 1.807) is 0 Å². The first-order valence-electron chi connectivity index (χ1n) is 3.94. The molecule has 0 spiro atoms. The lowest BCUT2D eigenvalue weighted by molar-refractivity contribution is -0.139. The smallest absolute Gasteiger partial charge is 0.322 e. The predicted octanol–water partition coefficient (Wildman–Crippen LogP) is 0.0836. The zero-order valence-electron chi connectivity index (χ0n) is 7.09. The Morgan fingerprint density at radius 1 is 1.75 bits per heavy atom. The normalized spacial score (nSPS) is 15.6. The van der Waals surface area contributed by atoms with Gasteiger partial charge >= 0.3 is 5.97 Å². The first-order valence-corrected chi connectivity index (χ1v) is 3.94. The second kappa shape index (κ2) is 5.91. The number of nitrogens with two attached hydrogens (primary N) is 1. The number of hydrogen-bond acceptors (Lipinski definition) is 3. The molecule has 12 heavy (non-hydrogen) atoms. The topological polar surface area (TPSA) is 75.3 Å². The van der Waals surface area contributed by atoms with E-state index in [4.69, 9.17) is 10.8 Å². The molecule has 0 aromatic heterocycles. The Morgan fingerprint density at radius 3 is 2.67 bits per heavy atom. The molecule has 2 atom stereocenters. The van der Waals surface area contributed by atoms with Crippen LogP contribution in [0.3, 0.4) is 0 Å². The molecular formula is C7H15FN2O2. The van der Waals surface area contributed by atoms with Gasteiger partial charge in [0.1, 0.15) is 6.04 Å². The van der Waals surface area contributed by atoms with Gasteiger partial charge in [0.15, 0.2) is 6.30 Å². The van der Waals surface area contributed by atoms with Gasteiger partial charge < -0.3 is 10.8 Å². The summed E-state index contributed by atoms with van der Waals surface area (Å²) < 4.78 is 12.8. The van der Waals surface area contributed by atoms with Crippen molar-refractivity contribution in [2.24, 2.45) is 5.73 Å². The number of carboxylic acid groups (broad SMARTS) is 1. The van der Waals surface area contributed by atoms with E-state index in [0.29, 0.717) is 12.8 Å². The fraction of sp³-hybridized carbons (Fsp3) is 0.857. The van der Waals surface area contributed by atoms with E-state index in [0.717, 1.165) is 0 Å². The van der Waals surface area contributed by atoms with Crippen molar-refractivity contribution >= 4 is 5.97 Å². The number of carbonyl (C=O) groups is 1. The lowest BCUT2D eigenvalue weighted by atomic mass is 10.2. The molecule has 4 nitrogen and oxygen atoms in total. The van der Waals surface area contributed by atoms with Gasteiger partial charge in [0.25, 0.3) is 0 Å². The molecule has 0 fully saturated rings. The summed E-state index contributed by atoms with van der Waals surface area (Å²) in [5.41, 5.74) is 5.11. The third kappa shape index (κ3) is 4.25. The molecule has 0 saturated heterocycles. The van der Waals surface area contributed by atoms with Crippen molar-refractivity contribution in [1.82, 2.24) is 5.32 Å². The number of carboxylic acids is 1. The van der Waals surface area contributed by atoms with Crippen LogP contribution in [0.4, 0.5) is 4.39 Å². The second-order valence-electron chi connectivity index (χ2n) is 2.55. The molecule has 0 rings (SSSR count). The highest BCUT2D eigenvalue weighted by atomic mass is 19.1. The van der Waals surface area contributed by atoms with Crippen LogP contribution < -0.4 is 11.1 Å². The molecule has 0 bridgehead atoms. The van der Waals surface area contributed by atoms with E-state index in [1.807, 2.05) is 6.92 Å². The summed E-state index contributed by atoms with van der Waals surface area (Å²) >= 11 is 0. The second-order valence-corrected chi connectivity index (χ2v) is 2.55. The summed E-state index contributed by atoms with van der Waals surface area (Å²) in [6, 6.07) is -0.980. The van der Waals surface area contributed by atoms with E-state index >= 15 is 0 Å². The van der Waals surface area contributed by atoms with Gasteiger partial charge in [-0.25, -0.2) is 4.39 Å². The van der Waals surface area contributed by atoms with Crippen LogP contribution in [-0.4, -0.2) is 30.0 Å². The van der Waals surface area contributed by atoms with Crippen molar-refractivity contribution in [2.45, 2.75) is 32.1 Å². The zero-order valence-corrected chi connectivity index (χ0v) is 7.09. The minimum atomic E-state index is -1.28. The SMILES string of the molecule is CCCC(F)NC(CN)C(=O)O. The summed E-state index contributed by atoms with van der Waals surface area (Å²) in [5, 5.41) is 10.8. The molecule has 0 radical (unpaired) electrons. The molecule has 0 aliphatic carbocycles. The molecule has 0 aromatic carbocycles. The standard InChI is InChI=1S/C7H15FN2O2/c1-2-3-6(8)10-5(4-9)7(11)12/h5-6,10H,2-4,9H2,1H3,(H,11,12). The van der Waals surface area contributed by atoms with Crippen molar-refractivity contribution < 1.29 is 14.3 Å². The largest absolute Gasteiger partial charge is 0.480 e. The van der Waals surface area contributed by atoms with Crippen LogP contribution in [0.25, 0.3) is 0 Å². The number of halogens is 1. The third-order valence-electron chi connectivity index (χ3n) is 1.46. The molecule has 5 heteroatoms. The van der Waals surface area contributed by atoms with Crippen molar-refractivity contribution in [3.8, 4) is 0 Å². The fourth-order valence-electron chi connectivity index (χ4n) is 0.795. The molecule has 72 valence electrons. The van der Waals surface area contributed by atoms with Gasteiger partial charge in [-0.3, -0.25) is 10.1 Å². The van der Waals surface area contributed by atoms with Gasteiger partial charge in [0.05, 0.1) is 0 Å². The van der Waals surface area contributed by atoms with Crippen molar-refractivity contribution in [2.75, 3.05) is 6.54 Å². The van der Waals surface area contributed by atoms with E-state index in [9.17, 15) is 9.18 Å². The quantitative estimate of drug-likeness (QED) is 0.504. The summed E-state index contributed by atoms with van der Waals surface area (Å²) in [4.78, 5) is 10.4. The maximum absolute atomic E-state index is 12.8. The molecule has 0 amide bonds. The lowest BCUT2D eigenvalue weighted by Gasteiger charge is -2.15. The number of aliphatic carboxylic acids is 1. The Hall–Kier alpha value is -0.680. The molecule has 0 saturated carbocycles. The Balaban J connectivity index is 3.77. The van der Waals surface area contributed by atoms with Gasteiger partial charge in [-0.1, -0.05) is 13.3 Å². The van der Waals surface area contributed by atoms with E-state index in [1.165, 1.54) is 0 Å². The van der Waals surface area contributed by atoms with Crippen LogP contribution in [-0.2, 0) is 4.79 Å². The van der Waals surface area contributed by atoms with Crippen LogP contribution in [0.5, 0.6) is 0 Å². The molecule has 0 aliphatic rings. The maximum atomic E-state index is 12.8. The highest BCUT2D eigenvalue weighted by Gasteiger charge is 2.18. The lowest BCUT2D eigenvalue weighted by Crippen LogP contribution is -2.46. The first-order chi connectivity index (χ1) is 5.61. The minimum absolute atomic E-state index is 0.0978. The molecule has 0 aliphatic heterocycles. The van der Waals surface area contributed by atoms with Crippen LogP contribution in [0, 0.1) is 0 Å². The highest BCUT2D eigenvalue weighted by molar-refractivity contribution is 5.73. The van der Waals surface area contributed by atoms with E-state index < -0.39 is 18.3 Å². The molecule has 0 heterocycles. The van der Waals surface area contributed by atoms with Crippen molar-refractivity contribution in [1.29, 1.82) is 0 Å². The molecular weight excluding hydrogens is 163 g/mol. The minimum Gasteiger partial charge on any atom is -0.480 e. The van der Waals surface area contributed by atoms with E-state index in [-0.39, 0.29) is 6.54 Å². The third-order valence-corrected chi connectivity index (χ3v) is 1.46. The van der Waals surface area contributed by atoms with Crippen LogP contribution in [0.15, 0.2) is 0 Å². The Labute approximate surface area is 70.9 Å². The number of alkyl halides is 1. The summed E-state index contributed by atoms with van der Waals surface area (Å²) in [6.07, 6.45) is -0.297. The predicted molar refractivity (Wildman–Crippen MR) is 43.4 cm³/mol. The van der Waals surface area contributed by atoms with Gasteiger partial charge in [-0.05, 0) is 6.42 Å². The van der Waals surface area contributed by atoms with Gasteiger partial charge in [-0.15, -0.1) is 0 Å². The van der Waals surface area contributed by atoms with Crippen molar-refractivity contribution in [3.05, 3.63) is 0 Å². The Bertz CT molecular complexity index is 143. The van der Waals surface area contributed by atoms with E-state index in [2.05, 4.69) is 5.32 Å². The molecule has 2 unspecified atom stereocenters. The summed E-state index contributed by atoms with van der Waals surface area (Å²) in [7, 11) is 0. The number of hydrogen-bond donors (Lipinski definition) is 3. The average Bonchev–Trinajstić information content (AvgIpc) is 2.00. The van der Waals surface area contributed by atoms with Gasteiger partial charge in [0, 0.05) is 6.54 Å². The average molecular weight is 178 g/mol. The maximum Gasteiger partial charge on any atom is 0.322 e. The summed E-state index contributed by atoms with van der Waals surface area (Å²) in [6.45, 7) is 1.73. The number of nitrogens with one attached hydrogen (secondary N) is 1. The number of rotatable bonds is 6. The Morgan fingerprint density at radius 2 is 2.33 bits per heavy atom. The Kier molecular flexibility index (Phi) is 5.57. The molecule has 0 aromatic rings. The van der Waals surface area contributed by atoms with Crippen LogP contribution in [0.1, 0.15) is 19.8 Å². The highest BCUT2D eigenvalue weighted by Crippen LogP contribution is 1.98. The van der Waals surface area contributed by atoms with Gasteiger partial charge in [-0.2, -0.15) is 0 Å². The monoisotopic (exact) mass is 178 g/mol. The van der Waals surface area contributed by atoms with Gasteiger partial charge in [0.2, 0.25) is 0 Å².